The smallest absolute Gasteiger partial charge is 0.344 e. The van der Waals surface area contributed by atoms with Crippen molar-refractivity contribution in [1.29, 1.82) is 0 Å². The number of fused-ring (bicyclic) bond motifs is 1. The summed E-state index contributed by atoms with van der Waals surface area (Å²) in [6, 6.07) is 16.5. The standard InChI is InChI=1S/C16H12O3/c17-10-11-5-7-12(8-6-11)14-9-13-3-1-2-4-15(13)19-16(14)18/h1-9,17H,10H2. The Morgan fingerprint density at radius 1 is 1.00 bits per heavy atom. The summed E-state index contributed by atoms with van der Waals surface area (Å²) in [4.78, 5) is 12.0. The van der Waals surface area contributed by atoms with Crippen molar-refractivity contribution in [3.63, 3.8) is 0 Å². The highest BCUT2D eigenvalue weighted by molar-refractivity contribution is 5.81. The fourth-order valence-corrected chi connectivity index (χ4v) is 2.05. The molecule has 0 unspecified atom stereocenters. The van der Waals surface area contributed by atoms with Crippen LogP contribution >= 0.6 is 0 Å². The maximum Gasteiger partial charge on any atom is 0.344 e. The molecule has 3 nitrogen and oxygen atoms in total. The quantitative estimate of drug-likeness (QED) is 0.713. The summed E-state index contributed by atoms with van der Waals surface area (Å²) >= 11 is 0. The number of para-hydroxylation sites is 1. The van der Waals surface area contributed by atoms with Gasteiger partial charge in [-0.1, -0.05) is 42.5 Å². The van der Waals surface area contributed by atoms with Gasteiger partial charge in [-0.15, -0.1) is 0 Å². The molecule has 0 spiro atoms. The molecule has 0 saturated carbocycles. The van der Waals surface area contributed by atoms with Crippen molar-refractivity contribution >= 4 is 11.0 Å². The molecule has 1 N–H and O–H groups in total. The Kier molecular flexibility index (Phi) is 2.89. The maximum atomic E-state index is 12.0. The normalized spacial score (nSPS) is 10.8. The van der Waals surface area contributed by atoms with Crippen LogP contribution in [0.1, 0.15) is 5.56 Å². The van der Waals surface area contributed by atoms with E-state index < -0.39 is 0 Å². The predicted molar refractivity (Wildman–Crippen MR) is 73.8 cm³/mol. The van der Waals surface area contributed by atoms with Crippen molar-refractivity contribution in [2.45, 2.75) is 6.61 Å². The molecular formula is C16H12O3. The van der Waals surface area contributed by atoms with E-state index in [1.165, 1.54) is 0 Å². The van der Waals surface area contributed by atoms with Crippen molar-refractivity contribution in [2.24, 2.45) is 0 Å². The number of rotatable bonds is 2. The second kappa shape index (κ2) is 4.71. The number of aliphatic hydroxyl groups is 1. The molecule has 0 aliphatic carbocycles. The molecule has 3 rings (SSSR count). The van der Waals surface area contributed by atoms with Gasteiger partial charge in [0.25, 0.3) is 0 Å². The summed E-state index contributed by atoms with van der Waals surface area (Å²) in [5, 5.41) is 9.91. The SMILES string of the molecule is O=c1oc2ccccc2cc1-c1ccc(CO)cc1. The Morgan fingerprint density at radius 2 is 1.74 bits per heavy atom. The molecule has 0 saturated heterocycles. The van der Waals surface area contributed by atoms with Crippen LogP contribution in [0.2, 0.25) is 0 Å². The molecular weight excluding hydrogens is 240 g/mol. The number of hydrogen-bond donors (Lipinski definition) is 1. The molecule has 0 aliphatic heterocycles. The first kappa shape index (κ1) is 11.7. The molecule has 3 heteroatoms. The van der Waals surface area contributed by atoms with E-state index in [9.17, 15) is 4.79 Å². The summed E-state index contributed by atoms with van der Waals surface area (Å²) in [5.74, 6) is 0. The highest BCUT2D eigenvalue weighted by Gasteiger charge is 2.07. The van der Waals surface area contributed by atoms with Crippen LogP contribution in [0.15, 0.2) is 63.8 Å². The van der Waals surface area contributed by atoms with Crippen LogP contribution in [-0.4, -0.2) is 5.11 Å². The average Bonchev–Trinajstić information content (AvgIpc) is 2.47. The summed E-state index contributed by atoms with van der Waals surface area (Å²) in [6.07, 6.45) is 0. The van der Waals surface area contributed by atoms with E-state index in [2.05, 4.69) is 0 Å². The lowest BCUT2D eigenvalue weighted by molar-refractivity contribution is 0.282. The van der Waals surface area contributed by atoms with Crippen molar-refractivity contribution in [2.75, 3.05) is 0 Å². The Hall–Kier alpha value is -2.39. The van der Waals surface area contributed by atoms with Crippen LogP contribution in [-0.2, 0) is 6.61 Å². The van der Waals surface area contributed by atoms with E-state index in [-0.39, 0.29) is 12.2 Å². The molecule has 1 heterocycles. The topological polar surface area (TPSA) is 50.4 Å². The molecule has 0 fully saturated rings. The van der Waals surface area contributed by atoms with Crippen molar-refractivity contribution in [3.05, 3.63) is 70.6 Å². The van der Waals surface area contributed by atoms with Gasteiger partial charge in [0, 0.05) is 5.39 Å². The van der Waals surface area contributed by atoms with Crippen LogP contribution in [0.3, 0.4) is 0 Å². The third-order valence-corrected chi connectivity index (χ3v) is 3.09. The Labute approximate surface area is 109 Å². The lowest BCUT2D eigenvalue weighted by atomic mass is 10.0. The predicted octanol–water partition coefficient (Wildman–Crippen LogP) is 2.95. The van der Waals surface area contributed by atoms with Gasteiger partial charge in [0.2, 0.25) is 0 Å². The highest BCUT2D eigenvalue weighted by atomic mass is 16.4. The molecule has 0 bridgehead atoms. The van der Waals surface area contributed by atoms with Gasteiger partial charge in [-0.25, -0.2) is 4.79 Å². The monoisotopic (exact) mass is 252 g/mol. The van der Waals surface area contributed by atoms with Gasteiger partial charge in [0.05, 0.1) is 12.2 Å². The molecule has 3 aromatic rings. The van der Waals surface area contributed by atoms with Gasteiger partial charge < -0.3 is 9.52 Å². The number of benzene rings is 2. The highest BCUT2D eigenvalue weighted by Crippen LogP contribution is 2.21. The van der Waals surface area contributed by atoms with Gasteiger partial charge in [-0.3, -0.25) is 0 Å². The van der Waals surface area contributed by atoms with Crippen LogP contribution in [0.25, 0.3) is 22.1 Å². The number of aliphatic hydroxyl groups excluding tert-OH is 1. The van der Waals surface area contributed by atoms with E-state index in [0.29, 0.717) is 11.1 Å². The molecule has 1 aromatic heterocycles. The first-order valence-electron chi connectivity index (χ1n) is 6.01. The molecule has 0 amide bonds. The summed E-state index contributed by atoms with van der Waals surface area (Å²) in [6.45, 7) is -0.00733. The lowest BCUT2D eigenvalue weighted by Crippen LogP contribution is -2.02. The van der Waals surface area contributed by atoms with E-state index in [0.717, 1.165) is 16.5 Å². The summed E-state index contributed by atoms with van der Waals surface area (Å²) in [5.41, 5.74) is 2.37. The molecule has 0 atom stereocenters. The van der Waals surface area contributed by atoms with E-state index in [1.807, 2.05) is 36.4 Å². The minimum atomic E-state index is -0.351. The van der Waals surface area contributed by atoms with Crippen molar-refractivity contribution in [3.8, 4) is 11.1 Å². The zero-order valence-electron chi connectivity index (χ0n) is 10.2. The number of hydrogen-bond acceptors (Lipinski definition) is 3. The van der Waals surface area contributed by atoms with Crippen LogP contribution in [0, 0.1) is 0 Å². The lowest BCUT2D eigenvalue weighted by Gasteiger charge is -2.03. The molecule has 2 aromatic carbocycles. The largest absolute Gasteiger partial charge is 0.422 e. The third-order valence-electron chi connectivity index (χ3n) is 3.09. The fourth-order valence-electron chi connectivity index (χ4n) is 2.05. The minimum absolute atomic E-state index is 0.00733. The van der Waals surface area contributed by atoms with Gasteiger partial charge in [0.15, 0.2) is 0 Å². The Bertz CT molecular complexity index is 770. The van der Waals surface area contributed by atoms with Crippen LogP contribution < -0.4 is 5.63 Å². The first-order valence-corrected chi connectivity index (χ1v) is 6.01. The van der Waals surface area contributed by atoms with E-state index in [1.54, 1.807) is 18.2 Å². The second-order valence-corrected chi connectivity index (χ2v) is 4.34. The first-order chi connectivity index (χ1) is 9.28. The van der Waals surface area contributed by atoms with Crippen molar-refractivity contribution in [1.82, 2.24) is 0 Å². The van der Waals surface area contributed by atoms with E-state index in [4.69, 9.17) is 9.52 Å². The summed E-state index contributed by atoms with van der Waals surface area (Å²) in [7, 11) is 0. The average molecular weight is 252 g/mol. The van der Waals surface area contributed by atoms with Gasteiger partial charge in [-0.2, -0.15) is 0 Å². The van der Waals surface area contributed by atoms with Gasteiger partial charge in [-0.05, 0) is 23.3 Å². The van der Waals surface area contributed by atoms with E-state index >= 15 is 0 Å². The maximum absolute atomic E-state index is 12.0. The van der Waals surface area contributed by atoms with Crippen molar-refractivity contribution < 1.29 is 9.52 Å². The zero-order chi connectivity index (χ0) is 13.2. The van der Waals surface area contributed by atoms with Crippen LogP contribution in [0.5, 0.6) is 0 Å². The Balaban J connectivity index is 2.18. The molecule has 94 valence electrons. The zero-order valence-corrected chi connectivity index (χ0v) is 10.2. The third kappa shape index (κ3) is 2.16. The van der Waals surface area contributed by atoms with Crippen LogP contribution in [0.4, 0.5) is 0 Å². The minimum Gasteiger partial charge on any atom is -0.422 e. The summed E-state index contributed by atoms with van der Waals surface area (Å²) < 4.78 is 5.30. The Morgan fingerprint density at radius 3 is 2.47 bits per heavy atom. The molecule has 0 radical (unpaired) electrons. The molecule has 0 aliphatic rings. The van der Waals surface area contributed by atoms with Gasteiger partial charge >= 0.3 is 5.63 Å². The van der Waals surface area contributed by atoms with Gasteiger partial charge in [0.1, 0.15) is 5.58 Å². The molecule has 19 heavy (non-hydrogen) atoms. The fraction of sp³-hybridized carbons (Fsp3) is 0.0625. The second-order valence-electron chi connectivity index (χ2n) is 4.34.